The van der Waals surface area contributed by atoms with Crippen LogP contribution in [0.4, 0.5) is 0 Å². The predicted octanol–water partition coefficient (Wildman–Crippen LogP) is 1.90. The van der Waals surface area contributed by atoms with Gasteiger partial charge in [0, 0.05) is 11.5 Å². The fraction of sp³-hybridized carbons (Fsp3) is 0.300. The van der Waals surface area contributed by atoms with Gasteiger partial charge in [-0.3, -0.25) is 0 Å². The van der Waals surface area contributed by atoms with E-state index in [4.69, 9.17) is 5.26 Å². The summed E-state index contributed by atoms with van der Waals surface area (Å²) in [5.41, 5.74) is 0.660. The zero-order valence-electron chi connectivity index (χ0n) is 8.94. The predicted molar refractivity (Wildman–Crippen MR) is 64.3 cm³/mol. The van der Waals surface area contributed by atoms with Crippen molar-refractivity contribution in [1.29, 1.82) is 5.26 Å². The minimum atomic E-state index is -3.57. The molecule has 0 aliphatic heterocycles. The SMILES string of the molecule is Cc1ccc(Br)cc1S(=O)(=O)N(C)CC#N. The van der Waals surface area contributed by atoms with Gasteiger partial charge in [-0.2, -0.15) is 9.57 Å². The summed E-state index contributed by atoms with van der Waals surface area (Å²) in [6.07, 6.45) is 0. The van der Waals surface area contributed by atoms with Gasteiger partial charge in [0.25, 0.3) is 0 Å². The van der Waals surface area contributed by atoms with Crippen molar-refractivity contribution in [2.75, 3.05) is 13.6 Å². The molecule has 0 saturated carbocycles. The molecule has 6 heteroatoms. The van der Waals surface area contributed by atoms with Crippen LogP contribution < -0.4 is 0 Å². The van der Waals surface area contributed by atoms with E-state index in [2.05, 4.69) is 15.9 Å². The van der Waals surface area contributed by atoms with Crippen LogP contribution in [0.5, 0.6) is 0 Å². The second-order valence-corrected chi connectivity index (χ2v) is 6.26. The maximum absolute atomic E-state index is 12.0. The van der Waals surface area contributed by atoms with E-state index in [1.807, 2.05) is 6.07 Å². The maximum Gasteiger partial charge on any atom is 0.244 e. The zero-order valence-corrected chi connectivity index (χ0v) is 11.3. The van der Waals surface area contributed by atoms with Crippen molar-refractivity contribution < 1.29 is 8.42 Å². The average molecular weight is 303 g/mol. The van der Waals surface area contributed by atoms with Crippen molar-refractivity contribution in [3.63, 3.8) is 0 Å². The van der Waals surface area contributed by atoms with Crippen LogP contribution in [0.15, 0.2) is 27.6 Å². The Morgan fingerprint density at radius 2 is 2.12 bits per heavy atom. The van der Waals surface area contributed by atoms with Gasteiger partial charge in [-0.1, -0.05) is 22.0 Å². The zero-order chi connectivity index (χ0) is 12.3. The van der Waals surface area contributed by atoms with E-state index in [-0.39, 0.29) is 11.4 Å². The number of benzene rings is 1. The summed E-state index contributed by atoms with van der Waals surface area (Å²) in [5.74, 6) is 0. The highest BCUT2D eigenvalue weighted by atomic mass is 79.9. The Balaban J connectivity index is 3.28. The van der Waals surface area contributed by atoms with Crippen molar-refractivity contribution in [3.8, 4) is 6.07 Å². The molecule has 0 aliphatic carbocycles. The molecule has 0 unspecified atom stereocenters. The largest absolute Gasteiger partial charge is 0.244 e. The van der Waals surface area contributed by atoms with Gasteiger partial charge in [0.2, 0.25) is 10.0 Å². The molecular formula is C10H11BrN2O2S. The summed E-state index contributed by atoms with van der Waals surface area (Å²) in [5, 5.41) is 8.51. The van der Waals surface area contributed by atoms with E-state index in [0.717, 1.165) is 4.31 Å². The lowest BCUT2D eigenvalue weighted by Crippen LogP contribution is -2.27. The first-order valence-electron chi connectivity index (χ1n) is 4.49. The molecule has 4 nitrogen and oxygen atoms in total. The van der Waals surface area contributed by atoms with Gasteiger partial charge in [-0.15, -0.1) is 0 Å². The van der Waals surface area contributed by atoms with Gasteiger partial charge >= 0.3 is 0 Å². The highest BCUT2D eigenvalue weighted by molar-refractivity contribution is 9.10. The number of nitriles is 1. The molecule has 0 N–H and O–H groups in total. The normalized spacial score (nSPS) is 11.4. The fourth-order valence-corrected chi connectivity index (χ4v) is 3.03. The standard InChI is InChI=1S/C10H11BrN2O2S/c1-8-3-4-9(11)7-10(8)16(14,15)13(2)6-5-12/h3-4,7H,6H2,1-2H3. The van der Waals surface area contributed by atoms with Gasteiger partial charge < -0.3 is 0 Å². The minimum Gasteiger partial charge on any atom is -0.207 e. The molecule has 1 aromatic rings. The van der Waals surface area contributed by atoms with Crippen molar-refractivity contribution in [3.05, 3.63) is 28.2 Å². The molecule has 0 saturated heterocycles. The summed E-state index contributed by atoms with van der Waals surface area (Å²) in [4.78, 5) is 0.222. The van der Waals surface area contributed by atoms with Crippen LogP contribution in [0.3, 0.4) is 0 Å². The Labute approximate surface area is 104 Å². The number of nitrogens with zero attached hydrogens (tertiary/aromatic N) is 2. The molecule has 1 rings (SSSR count). The number of rotatable bonds is 3. The molecular weight excluding hydrogens is 292 g/mol. The topological polar surface area (TPSA) is 61.2 Å². The third-order valence-electron chi connectivity index (χ3n) is 2.13. The molecule has 0 aliphatic rings. The molecule has 0 amide bonds. The Hall–Kier alpha value is -0.900. The van der Waals surface area contributed by atoms with Crippen molar-refractivity contribution in [2.45, 2.75) is 11.8 Å². The Morgan fingerprint density at radius 1 is 1.50 bits per heavy atom. The third-order valence-corrected chi connectivity index (χ3v) is 4.57. The van der Waals surface area contributed by atoms with E-state index in [1.165, 1.54) is 7.05 Å². The molecule has 16 heavy (non-hydrogen) atoms. The molecule has 0 atom stereocenters. The number of hydrogen-bond donors (Lipinski definition) is 0. The molecule has 86 valence electrons. The van der Waals surface area contributed by atoms with Gasteiger partial charge in [0.1, 0.15) is 6.54 Å². The summed E-state index contributed by atoms with van der Waals surface area (Å²) >= 11 is 3.23. The molecule has 0 heterocycles. The first-order chi connectivity index (χ1) is 7.39. The first-order valence-corrected chi connectivity index (χ1v) is 6.72. The number of sulfonamides is 1. The smallest absolute Gasteiger partial charge is 0.207 e. The average Bonchev–Trinajstić information content (AvgIpc) is 2.22. The summed E-state index contributed by atoms with van der Waals surface area (Å²) in [7, 11) is -2.19. The van der Waals surface area contributed by atoms with Crippen LogP contribution in [0.25, 0.3) is 0 Å². The second kappa shape index (κ2) is 4.95. The van der Waals surface area contributed by atoms with Crippen molar-refractivity contribution in [1.82, 2.24) is 4.31 Å². The van der Waals surface area contributed by atoms with Gasteiger partial charge in [-0.25, -0.2) is 8.42 Å². The van der Waals surface area contributed by atoms with Gasteiger partial charge in [0.15, 0.2) is 0 Å². The second-order valence-electron chi connectivity index (χ2n) is 3.33. The lowest BCUT2D eigenvalue weighted by Gasteiger charge is -2.15. The van der Waals surface area contributed by atoms with E-state index in [9.17, 15) is 8.42 Å². The first kappa shape index (κ1) is 13.2. The van der Waals surface area contributed by atoms with Crippen LogP contribution in [-0.2, 0) is 10.0 Å². The molecule has 0 fully saturated rings. The quantitative estimate of drug-likeness (QED) is 0.801. The van der Waals surface area contributed by atoms with Crippen molar-refractivity contribution >= 4 is 26.0 Å². The molecule has 0 spiro atoms. The van der Waals surface area contributed by atoms with E-state index in [1.54, 1.807) is 25.1 Å². The Morgan fingerprint density at radius 3 is 2.69 bits per heavy atom. The number of aryl methyl sites for hydroxylation is 1. The monoisotopic (exact) mass is 302 g/mol. The molecule has 0 bridgehead atoms. The highest BCUT2D eigenvalue weighted by Crippen LogP contribution is 2.22. The fourth-order valence-electron chi connectivity index (χ4n) is 1.20. The Bertz CT molecular complexity index is 534. The third kappa shape index (κ3) is 2.61. The van der Waals surface area contributed by atoms with Crippen molar-refractivity contribution in [2.24, 2.45) is 0 Å². The van der Waals surface area contributed by atoms with Gasteiger partial charge in [-0.05, 0) is 24.6 Å². The molecule has 0 radical (unpaired) electrons. The molecule has 1 aromatic carbocycles. The lowest BCUT2D eigenvalue weighted by atomic mass is 10.2. The maximum atomic E-state index is 12.0. The highest BCUT2D eigenvalue weighted by Gasteiger charge is 2.22. The van der Waals surface area contributed by atoms with Crippen LogP contribution in [0.2, 0.25) is 0 Å². The summed E-state index contributed by atoms with van der Waals surface area (Å²) < 4.78 is 25.8. The summed E-state index contributed by atoms with van der Waals surface area (Å²) in [6.45, 7) is 1.56. The number of hydrogen-bond acceptors (Lipinski definition) is 3. The molecule has 0 aromatic heterocycles. The van der Waals surface area contributed by atoms with Crippen LogP contribution in [0, 0.1) is 18.3 Å². The summed E-state index contributed by atoms with van der Waals surface area (Å²) in [6, 6.07) is 6.85. The Kier molecular flexibility index (Phi) is 4.08. The number of halogens is 1. The van der Waals surface area contributed by atoms with Crippen LogP contribution >= 0.6 is 15.9 Å². The van der Waals surface area contributed by atoms with Crippen LogP contribution in [-0.4, -0.2) is 26.3 Å². The van der Waals surface area contributed by atoms with E-state index < -0.39 is 10.0 Å². The van der Waals surface area contributed by atoms with E-state index >= 15 is 0 Å². The lowest BCUT2D eigenvalue weighted by molar-refractivity contribution is 0.501. The van der Waals surface area contributed by atoms with E-state index in [0.29, 0.717) is 10.0 Å². The minimum absolute atomic E-state index is 0.158. The van der Waals surface area contributed by atoms with Gasteiger partial charge in [0.05, 0.1) is 11.0 Å². The van der Waals surface area contributed by atoms with Crippen LogP contribution in [0.1, 0.15) is 5.56 Å².